The summed E-state index contributed by atoms with van der Waals surface area (Å²) in [6.07, 6.45) is 2.05. The number of hydrogen-bond acceptors (Lipinski definition) is 7. The Morgan fingerprint density at radius 1 is 1.33 bits per heavy atom. The molecule has 1 aliphatic rings. The number of carbonyl (C=O) groups excluding carboxylic acids is 2. The van der Waals surface area contributed by atoms with E-state index in [1.807, 2.05) is 0 Å². The van der Waals surface area contributed by atoms with Gasteiger partial charge in [-0.2, -0.15) is 10.4 Å². The molecular weight excluding hydrogens is 451 g/mol. The number of nitrogens with one attached hydrogen (secondary N) is 1. The molecule has 33 heavy (non-hydrogen) atoms. The van der Waals surface area contributed by atoms with Crippen molar-refractivity contribution in [2.24, 2.45) is 5.73 Å². The van der Waals surface area contributed by atoms with Crippen LogP contribution < -0.4 is 16.0 Å². The lowest BCUT2D eigenvalue weighted by Gasteiger charge is -2.20. The third-order valence-electron chi connectivity index (χ3n) is 5.21. The fourth-order valence-electron chi connectivity index (χ4n) is 3.60. The molecule has 0 bridgehead atoms. The predicted octanol–water partition coefficient (Wildman–Crippen LogP) is 1.74. The largest absolute Gasteiger partial charge is 0.366 e. The zero-order chi connectivity index (χ0) is 23.7. The van der Waals surface area contributed by atoms with E-state index in [2.05, 4.69) is 20.4 Å². The SMILES string of the molecule is Cc1ncn(-c2ccc(C(=O)NC3CCN(c4nc(C#N)cc(C(N)=O)c4F)C3)c(Cl)c2)n1. The molecule has 1 aromatic carbocycles. The number of aromatic nitrogens is 4. The van der Waals surface area contributed by atoms with Gasteiger partial charge in [0.05, 0.1) is 21.8 Å². The molecule has 1 atom stereocenters. The number of aryl methyl sites for hydroxylation is 1. The first-order valence-electron chi connectivity index (χ1n) is 9.91. The number of nitrogens with two attached hydrogens (primary N) is 1. The standard InChI is InChI=1S/C21H18ClFN8O2/c1-11-26-10-31(29-11)14-2-3-15(17(22)7-14)21(33)28-12-4-5-30(9-12)20-18(23)16(19(25)32)6-13(8-24)27-20/h2-3,6-7,10,12H,4-5,9H2,1H3,(H2,25,32)(H,28,33). The Balaban J connectivity index is 1.48. The van der Waals surface area contributed by atoms with E-state index in [1.165, 1.54) is 0 Å². The van der Waals surface area contributed by atoms with Gasteiger partial charge in [0, 0.05) is 19.1 Å². The molecule has 168 valence electrons. The number of primary amides is 1. The third-order valence-corrected chi connectivity index (χ3v) is 5.52. The van der Waals surface area contributed by atoms with Gasteiger partial charge in [-0.1, -0.05) is 11.6 Å². The molecule has 1 unspecified atom stereocenters. The summed E-state index contributed by atoms with van der Waals surface area (Å²) in [7, 11) is 0. The molecule has 2 aromatic heterocycles. The van der Waals surface area contributed by atoms with E-state index in [4.69, 9.17) is 22.6 Å². The zero-order valence-corrected chi connectivity index (χ0v) is 18.2. The van der Waals surface area contributed by atoms with E-state index in [-0.39, 0.29) is 40.6 Å². The number of anilines is 1. The number of carbonyl (C=O) groups is 2. The summed E-state index contributed by atoms with van der Waals surface area (Å²) in [4.78, 5) is 33.9. The fourth-order valence-corrected chi connectivity index (χ4v) is 3.86. The summed E-state index contributed by atoms with van der Waals surface area (Å²) < 4.78 is 16.3. The van der Waals surface area contributed by atoms with Crippen LogP contribution in [-0.2, 0) is 0 Å². The van der Waals surface area contributed by atoms with Crippen LogP contribution in [0.1, 0.15) is 38.7 Å². The Morgan fingerprint density at radius 2 is 2.12 bits per heavy atom. The highest BCUT2D eigenvalue weighted by Gasteiger charge is 2.29. The van der Waals surface area contributed by atoms with Gasteiger partial charge in [0.1, 0.15) is 23.9 Å². The van der Waals surface area contributed by atoms with E-state index in [0.717, 1.165) is 6.07 Å². The van der Waals surface area contributed by atoms with Gasteiger partial charge in [-0.3, -0.25) is 9.59 Å². The van der Waals surface area contributed by atoms with Crippen molar-refractivity contribution in [3.8, 4) is 11.8 Å². The minimum Gasteiger partial charge on any atom is -0.366 e. The summed E-state index contributed by atoms with van der Waals surface area (Å²) in [6.45, 7) is 2.36. The second kappa shape index (κ2) is 8.84. The Hall–Kier alpha value is -4.04. The van der Waals surface area contributed by atoms with Crippen molar-refractivity contribution in [3.63, 3.8) is 0 Å². The van der Waals surface area contributed by atoms with Crippen LogP contribution in [0.3, 0.4) is 0 Å². The van der Waals surface area contributed by atoms with Crippen molar-refractivity contribution in [1.82, 2.24) is 25.1 Å². The summed E-state index contributed by atoms with van der Waals surface area (Å²) >= 11 is 6.33. The normalized spacial score (nSPS) is 15.3. The highest BCUT2D eigenvalue weighted by Crippen LogP contribution is 2.26. The molecule has 1 saturated heterocycles. The Labute approximate surface area is 192 Å². The molecule has 3 aromatic rings. The predicted molar refractivity (Wildman–Crippen MR) is 117 cm³/mol. The smallest absolute Gasteiger partial charge is 0.253 e. The zero-order valence-electron chi connectivity index (χ0n) is 17.4. The molecular formula is C21H18ClFN8O2. The molecule has 3 N–H and O–H groups in total. The molecule has 0 aliphatic carbocycles. The molecule has 10 nitrogen and oxygen atoms in total. The van der Waals surface area contributed by atoms with Gasteiger partial charge < -0.3 is 16.0 Å². The van der Waals surface area contributed by atoms with Gasteiger partial charge in [-0.05, 0) is 37.6 Å². The van der Waals surface area contributed by atoms with Crippen LogP contribution in [0.5, 0.6) is 0 Å². The van der Waals surface area contributed by atoms with Gasteiger partial charge >= 0.3 is 0 Å². The highest BCUT2D eigenvalue weighted by atomic mass is 35.5. The lowest BCUT2D eigenvalue weighted by Crippen LogP contribution is -2.37. The summed E-state index contributed by atoms with van der Waals surface area (Å²) in [5.74, 6) is -1.81. The van der Waals surface area contributed by atoms with Crippen molar-refractivity contribution in [2.75, 3.05) is 18.0 Å². The first-order valence-corrected chi connectivity index (χ1v) is 10.3. The minimum atomic E-state index is -0.990. The maximum Gasteiger partial charge on any atom is 0.253 e. The third kappa shape index (κ3) is 4.47. The second-order valence-electron chi connectivity index (χ2n) is 7.47. The fraction of sp³-hybridized carbons (Fsp3) is 0.238. The number of hydrogen-bond donors (Lipinski definition) is 2. The average Bonchev–Trinajstić information content (AvgIpc) is 3.42. The van der Waals surface area contributed by atoms with Crippen LogP contribution in [0, 0.1) is 24.1 Å². The highest BCUT2D eigenvalue weighted by molar-refractivity contribution is 6.34. The molecule has 2 amide bonds. The van der Waals surface area contributed by atoms with Gasteiger partial charge in [0.25, 0.3) is 11.8 Å². The minimum absolute atomic E-state index is 0.123. The molecule has 1 fully saturated rings. The number of pyridine rings is 1. The number of amides is 2. The van der Waals surface area contributed by atoms with Crippen LogP contribution in [0.25, 0.3) is 5.69 Å². The lowest BCUT2D eigenvalue weighted by atomic mass is 10.1. The molecule has 0 radical (unpaired) electrons. The number of halogens is 2. The number of benzene rings is 1. The Kier molecular flexibility index (Phi) is 5.93. The summed E-state index contributed by atoms with van der Waals surface area (Å²) in [5.41, 5.74) is 5.63. The van der Waals surface area contributed by atoms with Gasteiger partial charge in [0.2, 0.25) is 0 Å². The van der Waals surface area contributed by atoms with Crippen molar-refractivity contribution < 1.29 is 14.0 Å². The van der Waals surface area contributed by atoms with Gasteiger partial charge in [0.15, 0.2) is 11.6 Å². The van der Waals surface area contributed by atoms with Crippen LogP contribution in [0.4, 0.5) is 10.2 Å². The van der Waals surface area contributed by atoms with Gasteiger partial charge in [-0.15, -0.1) is 0 Å². The van der Waals surface area contributed by atoms with Crippen molar-refractivity contribution in [2.45, 2.75) is 19.4 Å². The molecule has 1 aliphatic heterocycles. The van der Waals surface area contributed by atoms with Crippen molar-refractivity contribution in [1.29, 1.82) is 5.26 Å². The quantitative estimate of drug-likeness (QED) is 0.580. The first-order chi connectivity index (χ1) is 15.8. The van der Waals surface area contributed by atoms with Crippen LogP contribution in [0.2, 0.25) is 5.02 Å². The van der Waals surface area contributed by atoms with E-state index in [1.54, 1.807) is 47.1 Å². The molecule has 12 heteroatoms. The van der Waals surface area contributed by atoms with Crippen LogP contribution in [0.15, 0.2) is 30.6 Å². The van der Waals surface area contributed by atoms with Crippen molar-refractivity contribution in [3.05, 3.63) is 64.1 Å². The number of nitrogens with zero attached hydrogens (tertiary/aromatic N) is 6. The summed E-state index contributed by atoms with van der Waals surface area (Å²) in [5, 5.41) is 16.5. The van der Waals surface area contributed by atoms with E-state index in [9.17, 15) is 14.0 Å². The maximum absolute atomic E-state index is 14.7. The second-order valence-corrected chi connectivity index (χ2v) is 7.88. The number of nitriles is 1. The van der Waals surface area contributed by atoms with E-state index < -0.39 is 17.3 Å². The average molecular weight is 469 g/mol. The van der Waals surface area contributed by atoms with Crippen molar-refractivity contribution >= 4 is 29.2 Å². The van der Waals surface area contributed by atoms with E-state index >= 15 is 0 Å². The molecule has 0 saturated carbocycles. The van der Waals surface area contributed by atoms with E-state index in [0.29, 0.717) is 24.5 Å². The maximum atomic E-state index is 14.7. The first kappa shape index (κ1) is 22.2. The summed E-state index contributed by atoms with van der Waals surface area (Å²) in [6, 6.07) is 7.40. The Morgan fingerprint density at radius 3 is 2.76 bits per heavy atom. The lowest BCUT2D eigenvalue weighted by molar-refractivity contribution is 0.0939. The molecule has 4 rings (SSSR count). The van der Waals surface area contributed by atoms with Crippen LogP contribution >= 0.6 is 11.6 Å². The molecule has 3 heterocycles. The topological polar surface area (TPSA) is 143 Å². The Bertz CT molecular complexity index is 1300. The monoisotopic (exact) mass is 468 g/mol. The molecule has 0 spiro atoms. The van der Waals surface area contributed by atoms with Crippen LogP contribution in [-0.4, -0.2) is 50.7 Å². The number of rotatable bonds is 5. The van der Waals surface area contributed by atoms with Gasteiger partial charge in [-0.25, -0.2) is 19.0 Å².